The van der Waals surface area contributed by atoms with Crippen LogP contribution in [-0.2, 0) is 0 Å². The molecule has 3 aromatic heterocycles. The zero-order valence-corrected chi connectivity index (χ0v) is 18.0. The van der Waals surface area contributed by atoms with Gasteiger partial charge in [0.15, 0.2) is 0 Å². The third kappa shape index (κ3) is 3.56. The number of nitrogens with one attached hydrogen (secondary N) is 1. The fraction of sp³-hybridized carbons (Fsp3) is 0.0435. The van der Waals surface area contributed by atoms with Crippen molar-refractivity contribution in [2.45, 2.75) is 6.92 Å². The highest BCUT2D eigenvalue weighted by molar-refractivity contribution is 7.19. The van der Waals surface area contributed by atoms with Crippen molar-refractivity contribution in [3.63, 3.8) is 0 Å². The summed E-state index contributed by atoms with van der Waals surface area (Å²) < 4.78 is 1.14. The molecule has 5 rings (SSSR count). The third-order valence-corrected chi connectivity index (χ3v) is 6.88. The van der Waals surface area contributed by atoms with Crippen molar-refractivity contribution in [1.82, 2.24) is 14.6 Å². The minimum Gasteiger partial charge on any atom is -0.267 e. The van der Waals surface area contributed by atoms with Gasteiger partial charge in [0.1, 0.15) is 21.0 Å². The van der Waals surface area contributed by atoms with Crippen LogP contribution in [0, 0.1) is 6.92 Å². The average Bonchev–Trinajstić information content (AvgIpc) is 3.42. The van der Waals surface area contributed by atoms with Crippen LogP contribution in [0.5, 0.6) is 0 Å². The Hall–Kier alpha value is -3.62. The summed E-state index contributed by atoms with van der Waals surface area (Å²) in [5.74, 6) is -0.406. The molecule has 1 N–H and O–H groups in total. The van der Waals surface area contributed by atoms with E-state index in [4.69, 9.17) is 0 Å². The maximum atomic E-state index is 13.2. The Kier molecular flexibility index (Phi) is 4.93. The maximum Gasteiger partial charge on any atom is 0.281 e. The number of hydrogen-bond acceptors (Lipinski definition) is 6. The van der Waals surface area contributed by atoms with Gasteiger partial charge in [-0.3, -0.25) is 15.0 Å². The molecule has 152 valence electrons. The van der Waals surface area contributed by atoms with Crippen LogP contribution in [0.3, 0.4) is 0 Å². The Balaban J connectivity index is 1.50. The van der Waals surface area contributed by atoms with E-state index in [9.17, 15) is 9.59 Å². The van der Waals surface area contributed by atoms with E-state index in [1.807, 2.05) is 67.6 Å². The fourth-order valence-corrected chi connectivity index (χ4v) is 5.21. The molecule has 6 nitrogen and oxygen atoms in total. The molecule has 0 radical (unpaired) electrons. The van der Waals surface area contributed by atoms with Crippen LogP contribution >= 0.6 is 22.7 Å². The van der Waals surface area contributed by atoms with E-state index >= 15 is 0 Å². The van der Waals surface area contributed by atoms with Crippen molar-refractivity contribution in [2.75, 3.05) is 5.43 Å². The third-order valence-electron chi connectivity index (χ3n) is 4.82. The van der Waals surface area contributed by atoms with Crippen LogP contribution < -0.4 is 11.0 Å². The first kappa shape index (κ1) is 19.3. The Labute approximate surface area is 185 Å². The minimum absolute atomic E-state index is 0.311. The van der Waals surface area contributed by atoms with Crippen molar-refractivity contribution in [2.24, 2.45) is 0 Å². The quantitative estimate of drug-likeness (QED) is 0.426. The molecule has 0 spiro atoms. The number of aromatic nitrogens is 3. The van der Waals surface area contributed by atoms with Crippen molar-refractivity contribution in [3.05, 3.63) is 93.3 Å². The minimum atomic E-state index is -0.406. The van der Waals surface area contributed by atoms with Crippen LogP contribution in [0.2, 0.25) is 0 Å². The van der Waals surface area contributed by atoms with Gasteiger partial charge >= 0.3 is 0 Å². The number of thiophene rings is 1. The summed E-state index contributed by atoms with van der Waals surface area (Å²) in [7, 11) is 0. The van der Waals surface area contributed by atoms with E-state index in [1.165, 1.54) is 35.2 Å². The maximum absolute atomic E-state index is 13.2. The van der Waals surface area contributed by atoms with E-state index in [0.717, 1.165) is 31.3 Å². The molecule has 0 aliphatic heterocycles. The SMILES string of the molecule is Cc1sc2ncn(NC(=O)c3cnc(-c4ccccc4)s3)c(=O)c2c1-c1ccccc1. The van der Waals surface area contributed by atoms with Crippen LogP contribution in [-0.4, -0.2) is 20.6 Å². The number of amides is 1. The molecule has 31 heavy (non-hydrogen) atoms. The number of fused-ring (bicyclic) bond motifs is 1. The summed E-state index contributed by atoms with van der Waals surface area (Å²) in [6, 6.07) is 19.4. The number of rotatable bonds is 4. The van der Waals surface area contributed by atoms with E-state index in [2.05, 4.69) is 15.4 Å². The van der Waals surface area contributed by atoms with Crippen LogP contribution in [0.1, 0.15) is 14.5 Å². The first-order valence-electron chi connectivity index (χ1n) is 9.50. The fourth-order valence-electron chi connectivity index (χ4n) is 3.39. The second-order valence-corrected chi connectivity index (χ2v) is 9.07. The highest BCUT2D eigenvalue weighted by Gasteiger charge is 2.18. The molecular weight excluding hydrogens is 428 g/mol. The number of thiazole rings is 1. The van der Waals surface area contributed by atoms with Crippen molar-refractivity contribution >= 4 is 38.8 Å². The molecule has 0 saturated heterocycles. The molecule has 0 unspecified atom stereocenters. The first-order chi connectivity index (χ1) is 15.1. The molecule has 0 aliphatic rings. The van der Waals surface area contributed by atoms with Gasteiger partial charge in [0.2, 0.25) is 0 Å². The van der Waals surface area contributed by atoms with Gasteiger partial charge in [-0.1, -0.05) is 60.7 Å². The predicted octanol–water partition coefficient (Wildman–Crippen LogP) is 4.94. The molecule has 0 atom stereocenters. The van der Waals surface area contributed by atoms with Crippen LogP contribution in [0.15, 0.2) is 78.0 Å². The first-order valence-corrected chi connectivity index (χ1v) is 11.1. The smallest absolute Gasteiger partial charge is 0.267 e. The largest absolute Gasteiger partial charge is 0.281 e. The number of carbonyl (C=O) groups excluding carboxylic acids is 1. The monoisotopic (exact) mass is 444 g/mol. The van der Waals surface area contributed by atoms with E-state index in [-0.39, 0.29) is 5.56 Å². The molecule has 1 amide bonds. The number of aryl methyl sites for hydroxylation is 1. The van der Waals surface area contributed by atoms with Gasteiger partial charge in [0.05, 0.1) is 11.6 Å². The Morgan fingerprint density at radius 1 is 0.935 bits per heavy atom. The summed E-state index contributed by atoms with van der Waals surface area (Å²) in [5, 5.41) is 1.25. The number of nitrogens with zero attached hydrogens (tertiary/aromatic N) is 3. The average molecular weight is 445 g/mol. The van der Waals surface area contributed by atoms with Gasteiger partial charge in [-0.15, -0.1) is 22.7 Å². The highest BCUT2D eigenvalue weighted by atomic mass is 32.1. The summed E-state index contributed by atoms with van der Waals surface area (Å²) in [6.45, 7) is 1.97. The van der Waals surface area contributed by atoms with Crippen LogP contribution in [0.4, 0.5) is 0 Å². The Morgan fingerprint density at radius 3 is 2.32 bits per heavy atom. The van der Waals surface area contributed by atoms with E-state index in [0.29, 0.717) is 15.1 Å². The number of carbonyl (C=O) groups is 1. The lowest BCUT2D eigenvalue weighted by atomic mass is 10.0. The molecule has 8 heteroatoms. The summed E-state index contributed by atoms with van der Waals surface area (Å²) >= 11 is 2.74. The molecule has 0 saturated carbocycles. The van der Waals surface area contributed by atoms with E-state index in [1.54, 1.807) is 0 Å². The van der Waals surface area contributed by atoms with Gasteiger partial charge < -0.3 is 0 Å². The number of benzene rings is 2. The Morgan fingerprint density at radius 2 is 1.61 bits per heavy atom. The molecule has 0 bridgehead atoms. The molecule has 5 aromatic rings. The standard InChI is InChI=1S/C23H16N4O2S2/c1-14-18(15-8-4-2-5-9-15)19-22(30-14)25-13-27(23(19)29)26-20(28)17-12-24-21(31-17)16-10-6-3-7-11-16/h2-13H,1H3,(H,26,28). The van der Waals surface area contributed by atoms with Crippen molar-refractivity contribution in [3.8, 4) is 21.7 Å². The summed E-state index contributed by atoms with van der Waals surface area (Å²) in [5.41, 5.74) is 5.08. The van der Waals surface area contributed by atoms with E-state index < -0.39 is 5.91 Å². The van der Waals surface area contributed by atoms with Crippen molar-refractivity contribution < 1.29 is 4.79 Å². The zero-order valence-electron chi connectivity index (χ0n) is 16.4. The molecule has 2 aromatic carbocycles. The number of hydrogen-bond donors (Lipinski definition) is 1. The predicted molar refractivity (Wildman–Crippen MR) is 125 cm³/mol. The zero-order chi connectivity index (χ0) is 21.4. The van der Waals surface area contributed by atoms with Gasteiger partial charge in [-0.25, -0.2) is 14.6 Å². The van der Waals surface area contributed by atoms with Gasteiger partial charge in [-0.2, -0.15) is 0 Å². The normalized spacial score (nSPS) is 11.0. The lowest BCUT2D eigenvalue weighted by molar-refractivity contribution is 0.101. The second-order valence-electron chi connectivity index (χ2n) is 6.84. The Bertz CT molecular complexity index is 1450. The van der Waals surface area contributed by atoms with Gasteiger partial charge in [0, 0.05) is 16.0 Å². The summed E-state index contributed by atoms with van der Waals surface area (Å²) in [4.78, 5) is 36.8. The van der Waals surface area contributed by atoms with Crippen LogP contribution in [0.25, 0.3) is 31.9 Å². The second kappa shape index (κ2) is 7.90. The summed E-state index contributed by atoms with van der Waals surface area (Å²) in [6.07, 6.45) is 2.87. The lowest BCUT2D eigenvalue weighted by Gasteiger charge is -2.07. The molecule has 3 heterocycles. The topological polar surface area (TPSA) is 76.9 Å². The molecule has 0 fully saturated rings. The van der Waals surface area contributed by atoms with Crippen molar-refractivity contribution in [1.29, 1.82) is 0 Å². The lowest BCUT2D eigenvalue weighted by Crippen LogP contribution is -2.32. The van der Waals surface area contributed by atoms with Gasteiger partial charge in [0.25, 0.3) is 11.5 Å². The highest BCUT2D eigenvalue weighted by Crippen LogP contribution is 2.35. The van der Waals surface area contributed by atoms with Gasteiger partial charge in [-0.05, 0) is 12.5 Å². The molecular formula is C23H16N4O2S2. The molecule has 0 aliphatic carbocycles.